The van der Waals surface area contributed by atoms with Crippen molar-refractivity contribution in [3.05, 3.63) is 64.0 Å². The molecule has 2 N–H and O–H groups in total. The second-order valence-corrected chi connectivity index (χ2v) is 6.82. The summed E-state index contributed by atoms with van der Waals surface area (Å²) in [5.74, 6) is -0.287. The number of benzene rings is 1. The van der Waals surface area contributed by atoms with Gasteiger partial charge in [-0.2, -0.15) is 0 Å². The van der Waals surface area contributed by atoms with E-state index in [9.17, 15) is 9.90 Å². The first-order valence-corrected chi connectivity index (χ1v) is 8.42. The molecule has 3 aromatic rings. The molecule has 0 bridgehead atoms. The molecule has 0 aliphatic carbocycles. The summed E-state index contributed by atoms with van der Waals surface area (Å²) >= 11 is 1.44. The standard InChI is InChI=1S/C18H18N2O3S/c1-12-5-7-13(8-6-12)14-10-15(23-20-14)17(21)19-11-18(2,22)16-4-3-9-24-16/h3-10,22H,11H2,1-2H3,(H,19,21). The lowest BCUT2D eigenvalue weighted by molar-refractivity contribution is 0.0545. The number of nitrogens with one attached hydrogen (secondary N) is 1. The molecule has 0 aliphatic heterocycles. The highest BCUT2D eigenvalue weighted by molar-refractivity contribution is 7.10. The molecule has 1 unspecified atom stereocenters. The third kappa shape index (κ3) is 3.55. The first kappa shape index (κ1) is 16.4. The van der Waals surface area contributed by atoms with Crippen molar-refractivity contribution < 1.29 is 14.4 Å². The highest BCUT2D eigenvalue weighted by Gasteiger charge is 2.26. The molecule has 1 atom stereocenters. The van der Waals surface area contributed by atoms with Gasteiger partial charge in [-0.25, -0.2) is 0 Å². The van der Waals surface area contributed by atoms with Gasteiger partial charge in [0.25, 0.3) is 5.91 Å². The van der Waals surface area contributed by atoms with Gasteiger partial charge >= 0.3 is 0 Å². The highest BCUT2D eigenvalue weighted by Crippen LogP contribution is 2.24. The summed E-state index contributed by atoms with van der Waals surface area (Å²) in [5, 5.41) is 18.9. The first-order chi connectivity index (χ1) is 11.5. The summed E-state index contributed by atoms with van der Waals surface area (Å²) in [5.41, 5.74) is 1.51. The Balaban J connectivity index is 1.67. The number of carbonyl (C=O) groups is 1. The zero-order chi connectivity index (χ0) is 17.2. The van der Waals surface area contributed by atoms with E-state index >= 15 is 0 Å². The molecule has 0 radical (unpaired) electrons. The smallest absolute Gasteiger partial charge is 0.290 e. The highest BCUT2D eigenvalue weighted by atomic mass is 32.1. The van der Waals surface area contributed by atoms with Gasteiger partial charge < -0.3 is 14.9 Å². The average Bonchev–Trinajstić information content (AvgIpc) is 3.25. The first-order valence-electron chi connectivity index (χ1n) is 7.54. The zero-order valence-corrected chi connectivity index (χ0v) is 14.3. The molecule has 1 amide bonds. The summed E-state index contributed by atoms with van der Waals surface area (Å²) in [6, 6.07) is 13.1. The molecule has 0 saturated heterocycles. The van der Waals surface area contributed by atoms with Gasteiger partial charge in [0.1, 0.15) is 11.3 Å². The molecule has 5 nitrogen and oxygen atoms in total. The number of carbonyl (C=O) groups excluding carboxylic acids is 1. The Labute approximate surface area is 143 Å². The fraction of sp³-hybridized carbons (Fsp3) is 0.222. The van der Waals surface area contributed by atoms with Gasteiger partial charge in [-0.15, -0.1) is 11.3 Å². The van der Waals surface area contributed by atoms with Crippen molar-refractivity contribution >= 4 is 17.2 Å². The van der Waals surface area contributed by atoms with Crippen molar-refractivity contribution in [1.82, 2.24) is 10.5 Å². The van der Waals surface area contributed by atoms with Crippen LogP contribution >= 0.6 is 11.3 Å². The molecule has 24 heavy (non-hydrogen) atoms. The number of hydrogen-bond acceptors (Lipinski definition) is 5. The van der Waals surface area contributed by atoms with E-state index < -0.39 is 11.5 Å². The maximum Gasteiger partial charge on any atom is 0.290 e. The van der Waals surface area contributed by atoms with Crippen molar-refractivity contribution in [2.75, 3.05) is 6.54 Å². The summed E-state index contributed by atoms with van der Waals surface area (Å²) in [6.45, 7) is 3.76. The maximum absolute atomic E-state index is 12.2. The van der Waals surface area contributed by atoms with Crippen LogP contribution in [0.15, 0.2) is 52.4 Å². The van der Waals surface area contributed by atoms with Crippen LogP contribution in [0.2, 0.25) is 0 Å². The van der Waals surface area contributed by atoms with Crippen LogP contribution in [-0.4, -0.2) is 22.7 Å². The van der Waals surface area contributed by atoms with Gasteiger partial charge in [-0.1, -0.05) is 41.1 Å². The van der Waals surface area contributed by atoms with Gasteiger partial charge in [-0.05, 0) is 25.3 Å². The van der Waals surface area contributed by atoms with Crippen LogP contribution in [0.5, 0.6) is 0 Å². The van der Waals surface area contributed by atoms with Crippen molar-refractivity contribution in [1.29, 1.82) is 0 Å². The van der Waals surface area contributed by atoms with Crippen molar-refractivity contribution in [3.8, 4) is 11.3 Å². The molecule has 2 heterocycles. The molecule has 1 aromatic carbocycles. The lowest BCUT2D eigenvalue weighted by Crippen LogP contribution is -2.37. The molecule has 2 aromatic heterocycles. The van der Waals surface area contributed by atoms with Crippen molar-refractivity contribution in [3.63, 3.8) is 0 Å². The molecule has 0 fully saturated rings. The Morgan fingerprint density at radius 1 is 1.33 bits per heavy atom. The van der Waals surface area contributed by atoms with Crippen LogP contribution in [0.1, 0.15) is 27.9 Å². The fourth-order valence-electron chi connectivity index (χ4n) is 2.25. The second-order valence-electron chi connectivity index (χ2n) is 5.88. The zero-order valence-electron chi connectivity index (χ0n) is 13.4. The largest absolute Gasteiger partial charge is 0.383 e. The van der Waals surface area contributed by atoms with Gasteiger partial charge in [0.15, 0.2) is 0 Å². The summed E-state index contributed by atoms with van der Waals surface area (Å²) in [4.78, 5) is 13.0. The molecular formula is C18H18N2O3S. The van der Waals surface area contributed by atoms with Crippen LogP contribution in [-0.2, 0) is 5.60 Å². The normalized spacial score (nSPS) is 13.5. The quantitative estimate of drug-likeness (QED) is 0.745. The van der Waals surface area contributed by atoms with Crippen molar-refractivity contribution in [2.45, 2.75) is 19.4 Å². The van der Waals surface area contributed by atoms with Gasteiger partial charge in [0.2, 0.25) is 5.76 Å². The molecule has 0 aliphatic rings. The minimum atomic E-state index is -1.12. The third-order valence-electron chi connectivity index (χ3n) is 3.73. The number of rotatable bonds is 5. The fourth-order valence-corrected chi connectivity index (χ4v) is 3.04. The number of thiophene rings is 1. The van der Waals surface area contributed by atoms with Gasteiger partial charge in [0, 0.05) is 16.5 Å². The van der Waals surface area contributed by atoms with E-state index in [1.807, 2.05) is 48.7 Å². The molecule has 0 saturated carbocycles. The number of nitrogens with zero attached hydrogens (tertiary/aromatic N) is 1. The average molecular weight is 342 g/mol. The van der Waals surface area contributed by atoms with E-state index in [1.54, 1.807) is 13.0 Å². The van der Waals surface area contributed by atoms with Gasteiger partial charge in [0.05, 0.1) is 6.54 Å². The summed E-state index contributed by atoms with van der Waals surface area (Å²) in [6.07, 6.45) is 0. The third-order valence-corrected chi connectivity index (χ3v) is 4.85. The number of aliphatic hydroxyl groups is 1. The monoisotopic (exact) mass is 342 g/mol. The van der Waals surface area contributed by atoms with Crippen LogP contribution in [0.3, 0.4) is 0 Å². The SMILES string of the molecule is Cc1ccc(-c2cc(C(=O)NCC(C)(O)c3cccs3)on2)cc1. The second kappa shape index (κ2) is 6.59. The maximum atomic E-state index is 12.2. The Kier molecular flexibility index (Phi) is 4.51. The molecule has 3 rings (SSSR count). The summed E-state index contributed by atoms with van der Waals surface area (Å²) in [7, 11) is 0. The number of hydrogen-bond donors (Lipinski definition) is 2. The van der Waals surface area contributed by atoms with E-state index in [4.69, 9.17) is 4.52 Å². The predicted octanol–water partition coefficient (Wildman–Crippen LogP) is 3.35. The molecule has 124 valence electrons. The molecule has 0 spiro atoms. The molecule has 6 heteroatoms. The summed E-state index contributed by atoms with van der Waals surface area (Å²) < 4.78 is 5.13. The van der Waals surface area contributed by atoms with Gasteiger partial charge in [-0.3, -0.25) is 4.79 Å². The topological polar surface area (TPSA) is 75.4 Å². The van der Waals surface area contributed by atoms with Crippen LogP contribution in [0.4, 0.5) is 0 Å². The Bertz CT molecular complexity index is 820. The van der Waals surface area contributed by atoms with E-state index in [0.29, 0.717) is 5.69 Å². The number of aromatic nitrogens is 1. The van der Waals surface area contributed by atoms with Crippen LogP contribution in [0, 0.1) is 6.92 Å². The lowest BCUT2D eigenvalue weighted by atomic mass is 10.1. The Morgan fingerprint density at radius 2 is 2.08 bits per heavy atom. The minimum Gasteiger partial charge on any atom is -0.383 e. The number of aryl methyl sites for hydroxylation is 1. The molecular weight excluding hydrogens is 324 g/mol. The minimum absolute atomic E-state index is 0.0902. The van der Waals surface area contributed by atoms with E-state index in [1.165, 1.54) is 11.3 Å². The van der Waals surface area contributed by atoms with E-state index in [2.05, 4.69) is 10.5 Å². The van der Waals surface area contributed by atoms with E-state index in [-0.39, 0.29) is 12.3 Å². The van der Waals surface area contributed by atoms with Crippen LogP contribution in [0.25, 0.3) is 11.3 Å². The Hall–Kier alpha value is -2.44. The van der Waals surface area contributed by atoms with Crippen molar-refractivity contribution in [2.24, 2.45) is 0 Å². The predicted molar refractivity (Wildman–Crippen MR) is 92.9 cm³/mol. The number of amides is 1. The Morgan fingerprint density at radius 3 is 2.75 bits per heavy atom. The van der Waals surface area contributed by atoms with Crippen LogP contribution < -0.4 is 5.32 Å². The van der Waals surface area contributed by atoms with E-state index in [0.717, 1.165) is 16.0 Å². The lowest BCUT2D eigenvalue weighted by Gasteiger charge is -2.21.